The summed E-state index contributed by atoms with van der Waals surface area (Å²) in [4.78, 5) is 11.6. The van der Waals surface area contributed by atoms with E-state index in [0.29, 0.717) is 29.8 Å². The largest absolute Gasteiger partial charge is 0.465 e. The van der Waals surface area contributed by atoms with Crippen LogP contribution < -0.4 is 0 Å². The van der Waals surface area contributed by atoms with Crippen LogP contribution in [0.15, 0.2) is 0 Å². The van der Waals surface area contributed by atoms with E-state index in [9.17, 15) is 15.0 Å². The first-order chi connectivity index (χ1) is 12.8. The lowest BCUT2D eigenvalue weighted by Crippen LogP contribution is -2.56. The maximum absolute atomic E-state index is 11.6. The Bertz CT molecular complexity index is 575. The summed E-state index contributed by atoms with van der Waals surface area (Å²) >= 11 is 0. The van der Waals surface area contributed by atoms with Gasteiger partial charge in [0.15, 0.2) is 0 Å². The molecule has 4 aliphatic carbocycles. The Morgan fingerprint density at radius 3 is 2.59 bits per heavy atom. The van der Waals surface area contributed by atoms with Gasteiger partial charge in [0.25, 0.3) is 0 Å². The highest BCUT2D eigenvalue weighted by Gasteiger charge is 2.62. The van der Waals surface area contributed by atoms with Gasteiger partial charge in [-0.2, -0.15) is 0 Å². The van der Waals surface area contributed by atoms with Gasteiger partial charge < -0.3 is 14.9 Å². The molecule has 0 saturated heterocycles. The van der Waals surface area contributed by atoms with Crippen LogP contribution in [0.5, 0.6) is 0 Å². The number of rotatable bonds is 3. The summed E-state index contributed by atoms with van der Waals surface area (Å²) in [5.74, 6) is 2.71. The molecular weight excluding hydrogens is 340 g/mol. The van der Waals surface area contributed by atoms with E-state index < -0.39 is 0 Å². The molecule has 0 bridgehead atoms. The van der Waals surface area contributed by atoms with Gasteiger partial charge >= 0.3 is 5.97 Å². The molecule has 0 aromatic heterocycles. The molecule has 154 valence electrons. The molecule has 0 radical (unpaired) electrons. The second kappa shape index (κ2) is 7.02. The summed E-state index contributed by atoms with van der Waals surface area (Å²) in [7, 11) is 0. The fourth-order valence-corrected chi connectivity index (χ4v) is 8.33. The Balaban J connectivity index is 1.62. The summed E-state index contributed by atoms with van der Waals surface area (Å²) < 4.78 is 5.61. The van der Waals surface area contributed by atoms with Crippen LogP contribution >= 0.6 is 0 Å². The Morgan fingerprint density at radius 2 is 1.89 bits per heavy atom. The third-order valence-electron chi connectivity index (χ3n) is 9.55. The van der Waals surface area contributed by atoms with E-state index in [2.05, 4.69) is 6.92 Å². The van der Waals surface area contributed by atoms with Crippen molar-refractivity contribution in [1.29, 1.82) is 0 Å². The van der Waals surface area contributed by atoms with Crippen molar-refractivity contribution in [3.63, 3.8) is 0 Å². The summed E-state index contributed by atoms with van der Waals surface area (Å²) in [6.45, 7) is 6.42. The van der Waals surface area contributed by atoms with Crippen molar-refractivity contribution in [3.05, 3.63) is 0 Å². The quantitative estimate of drug-likeness (QED) is 0.730. The number of fused-ring (bicyclic) bond motifs is 5. The SMILES string of the molecule is CC(=O)OCC12CC[C@H]3[C@@H](CC[C@H]4CC(O)CCC43C)[C@@H]1CCC2[C@@H](C)O. The number of hydrogen-bond donors (Lipinski definition) is 2. The van der Waals surface area contributed by atoms with Crippen LogP contribution in [0.2, 0.25) is 0 Å². The van der Waals surface area contributed by atoms with Gasteiger partial charge in [-0.05, 0) is 99.7 Å². The zero-order chi connectivity index (χ0) is 19.4. The third kappa shape index (κ3) is 3.06. The van der Waals surface area contributed by atoms with Crippen LogP contribution in [0.3, 0.4) is 0 Å². The lowest BCUT2D eigenvalue weighted by atomic mass is 9.44. The topological polar surface area (TPSA) is 66.8 Å². The minimum Gasteiger partial charge on any atom is -0.465 e. The summed E-state index contributed by atoms with van der Waals surface area (Å²) in [6.07, 6.45) is 9.63. The van der Waals surface area contributed by atoms with Gasteiger partial charge in [-0.3, -0.25) is 4.79 Å². The van der Waals surface area contributed by atoms with E-state index in [0.717, 1.165) is 38.0 Å². The molecular formula is C23H38O4. The second-order valence-corrected chi connectivity index (χ2v) is 10.6. The molecule has 4 heteroatoms. The summed E-state index contributed by atoms with van der Waals surface area (Å²) in [5.41, 5.74) is 0.330. The number of hydrogen-bond acceptors (Lipinski definition) is 4. The van der Waals surface area contributed by atoms with Crippen molar-refractivity contribution in [1.82, 2.24) is 0 Å². The van der Waals surface area contributed by atoms with E-state index in [1.807, 2.05) is 6.92 Å². The zero-order valence-corrected chi connectivity index (χ0v) is 17.3. The van der Waals surface area contributed by atoms with Crippen molar-refractivity contribution < 1.29 is 19.7 Å². The minimum absolute atomic E-state index is 0.0294. The smallest absolute Gasteiger partial charge is 0.302 e. The molecule has 4 aliphatic rings. The molecule has 0 aliphatic heterocycles. The van der Waals surface area contributed by atoms with Crippen molar-refractivity contribution in [2.45, 2.75) is 90.8 Å². The molecule has 4 unspecified atom stereocenters. The molecule has 0 aromatic carbocycles. The first-order valence-corrected chi connectivity index (χ1v) is 11.3. The van der Waals surface area contributed by atoms with E-state index in [4.69, 9.17) is 4.74 Å². The number of ether oxygens (including phenoxy) is 1. The lowest BCUT2D eigenvalue weighted by molar-refractivity contribution is -0.166. The number of aliphatic hydroxyl groups excluding tert-OH is 2. The van der Waals surface area contributed by atoms with Gasteiger partial charge in [0.05, 0.1) is 18.8 Å². The number of carbonyl (C=O) groups excluding carboxylic acids is 1. The second-order valence-electron chi connectivity index (χ2n) is 10.6. The van der Waals surface area contributed by atoms with E-state index in [1.54, 1.807) is 0 Å². The number of esters is 1. The van der Waals surface area contributed by atoms with E-state index >= 15 is 0 Å². The van der Waals surface area contributed by atoms with Crippen molar-refractivity contribution in [2.24, 2.45) is 40.4 Å². The summed E-state index contributed by atoms with van der Waals surface area (Å²) in [5, 5.41) is 20.7. The standard InChI is InChI=1S/C23H38O4/c1-14(24)19-6-7-21-18-5-4-16-12-17(26)8-10-22(16,3)20(18)9-11-23(19,21)13-27-15(2)25/h14,16-21,24,26H,4-13H2,1-3H3/t14-,16+,17?,18-,19?,20+,21+,22?,23?/m1/s1. The van der Waals surface area contributed by atoms with Crippen LogP contribution in [-0.4, -0.2) is 35.0 Å². The molecule has 0 heterocycles. The Kier molecular flexibility index (Phi) is 5.12. The van der Waals surface area contributed by atoms with E-state index in [-0.39, 0.29) is 29.5 Å². The number of carbonyl (C=O) groups is 1. The minimum atomic E-state index is -0.334. The van der Waals surface area contributed by atoms with Gasteiger partial charge in [0.2, 0.25) is 0 Å². The first-order valence-electron chi connectivity index (χ1n) is 11.3. The highest BCUT2D eigenvalue weighted by molar-refractivity contribution is 5.65. The average molecular weight is 379 g/mol. The molecule has 27 heavy (non-hydrogen) atoms. The predicted octanol–water partition coefficient (Wildman–Crippen LogP) is 3.93. The third-order valence-corrected chi connectivity index (χ3v) is 9.55. The van der Waals surface area contributed by atoms with Crippen LogP contribution in [-0.2, 0) is 9.53 Å². The fourth-order valence-electron chi connectivity index (χ4n) is 8.33. The first kappa shape index (κ1) is 19.7. The predicted molar refractivity (Wildman–Crippen MR) is 104 cm³/mol. The maximum atomic E-state index is 11.6. The van der Waals surface area contributed by atoms with Crippen LogP contribution in [0.4, 0.5) is 0 Å². The number of aliphatic hydroxyl groups is 2. The van der Waals surface area contributed by atoms with Crippen LogP contribution in [0.25, 0.3) is 0 Å². The molecule has 0 aromatic rings. The van der Waals surface area contributed by atoms with Crippen LogP contribution in [0, 0.1) is 40.4 Å². The maximum Gasteiger partial charge on any atom is 0.302 e. The van der Waals surface area contributed by atoms with Crippen molar-refractivity contribution in [3.8, 4) is 0 Å². The van der Waals surface area contributed by atoms with E-state index in [1.165, 1.54) is 32.6 Å². The highest BCUT2D eigenvalue weighted by atomic mass is 16.5. The highest BCUT2D eigenvalue weighted by Crippen LogP contribution is 2.67. The zero-order valence-electron chi connectivity index (χ0n) is 17.3. The van der Waals surface area contributed by atoms with Gasteiger partial charge in [-0.1, -0.05) is 6.92 Å². The monoisotopic (exact) mass is 378 g/mol. The molecule has 9 atom stereocenters. The lowest BCUT2D eigenvalue weighted by Gasteiger charge is -2.61. The summed E-state index contributed by atoms with van der Waals surface area (Å²) in [6, 6.07) is 0. The van der Waals surface area contributed by atoms with Gasteiger partial charge in [-0.25, -0.2) is 0 Å². The van der Waals surface area contributed by atoms with Crippen molar-refractivity contribution in [2.75, 3.05) is 6.61 Å². The molecule has 4 nitrogen and oxygen atoms in total. The van der Waals surface area contributed by atoms with Gasteiger partial charge in [0, 0.05) is 12.3 Å². The van der Waals surface area contributed by atoms with Gasteiger partial charge in [0.1, 0.15) is 0 Å². The fraction of sp³-hybridized carbons (Fsp3) is 0.957. The Labute approximate surface area is 164 Å². The average Bonchev–Trinajstić information content (AvgIpc) is 3.00. The molecule has 4 rings (SSSR count). The molecule has 4 fully saturated rings. The Hall–Kier alpha value is -0.610. The molecule has 2 N–H and O–H groups in total. The Morgan fingerprint density at radius 1 is 1.11 bits per heavy atom. The van der Waals surface area contributed by atoms with Crippen molar-refractivity contribution >= 4 is 5.97 Å². The molecule has 0 spiro atoms. The normalized spacial score (nSPS) is 50.3. The molecule has 4 saturated carbocycles. The van der Waals surface area contributed by atoms with Gasteiger partial charge in [-0.15, -0.1) is 0 Å². The molecule has 0 amide bonds. The van der Waals surface area contributed by atoms with Crippen LogP contribution in [0.1, 0.15) is 78.6 Å².